The van der Waals surface area contributed by atoms with E-state index in [2.05, 4.69) is 22.8 Å². The molecule has 0 spiro atoms. The second-order valence-electron chi connectivity index (χ2n) is 6.14. The molecule has 2 saturated carbocycles. The first-order valence-electron chi connectivity index (χ1n) is 7.47. The highest BCUT2D eigenvalue weighted by Crippen LogP contribution is 2.57. The largest absolute Gasteiger partial charge is 0.326 e. The Morgan fingerprint density at radius 3 is 2.95 bits per heavy atom. The molecule has 0 saturated heterocycles. The molecule has 2 fully saturated rings. The van der Waals surface area contributed by atoms with Gasteiger partial charge in [-0.15, -0.1) is 0 Å². The zero-order valence-corrected chi connectivity index (χ0v) is 11.1. The highest BCUT2D eigenvalue weighted by atomic mass is 16.2. The molecule has 3 heteroatoms. The molecule has 0 aromatic heterocycles. The normalized spacial score (nSPS) is 31.5. The fourth-order valence-electron chi connectivity index (χ4n) is 4.06. The van der Waals surface area contributed by atoms with Crippen LogP contribution in [-0.4, -0.2) is 12.5 Å². The molecule has 2 unspecified atom stereocenters. The van der Waals surface area contributed by atoms with Crippen LogP contribution in [0.2, 0.25) is 0 Å². The second-order valence-corrected chi connectivity index (χ2v) is 6.14. The minimum atomic E-state index is 0.258. The number of carbonyl (C=O) groups is 1. The van der Waals surface area contributed by atoms with Crippen molar-refractivity contribution in [3.05, 3.63) is 29.3 Å². The van der Waals surface area contributed by atoms with Crippen LogP contribution in [0.25, 0.3) is 0 Å². The minimum Gasteiger partial charge on any atom is -0.326 e. The lowest BCUT2D eigenvalue weighted by Gasteiger charge is -2.20. The SMILES string of the molecule is O=C(Nc1cccc2c1CNCC2)C1C2CCCC21. The maximum Gasteiger partial charge on any atom is 0.228 e. The average molecular weight is 256 g/mol. The van der Waals surface area contributed by atoms with Crippen LogP contribution < -0.4 is 10.6 Å². The Balaban J connectivity index is 1.52. The number of benzene rings is 1. The standard InChI is InChI=1S/C16H20N2O/c19-16(15-11-4-2-5-12(11)15)18-14-6-1-3-10-7-8-17-9-13(10)14/h1,3,6,11-12,15,17H,2,4-5,7-9H2,(H,18,19). The van der Waals surface area contributed by atoms with Crippen LogP contribution >= 0.6 is 0 Å². The summed E-state index contributed by atoms with van der Waals surface area (Å²) >= 11 is 0. The molecular formula is C16H20N2O. The molecular weight excluding hydrogens is 236 g/mol. The lowest BCUT2D eigenvalue weighted by Crippen LogP contribution is -2.26. The summed E-state index contributed by atoms with van der Waals surface area (Å²) < 4.78 is 0. The van der Waals surface area contributed by atoms with Crippen molar-refractivity contribution in [2.24, 2.45) is 17.8 Å². The summed E-state index contributed by atoms with van der Waals surface area (Å²) in [7, 11) is 0. The van der Waals surface area contributed by atoms with Gasteiger partial charge in [0, 0.05) is 18.2 Å². The molecule has 3 aliphatic rings. The Hall–Kier alpha value is -1.35. The van der Waals surface area contributed by atoms with Gasteiger partial charge in [-0.05, 0) is 54.8 Å². The Bertz CT molecular complexity index is 515. The molecule has 100 valence electrons. The predicted octanol–water partition coefficient (Wildman–Crippen LogP) is 2.32. The summed E-state index contributed by atoms with van der Waals surface area (Å²) in [4.78, 5) is 12.3. The van der Waals surface area contributed by atoms with E-state index in [1.165, 1.54) is 30.4 Å². The van der Waals surface area contributed by atoms with Crippen molar-refractivity contribution >= 4 is 11.6 Å². The first kappa shape index (κ1) is 11.5. The van der Waals surface area contributed by atoms with E-state index in [0.29, 0.717) is 17.8 Å². The molecule has 1 heterocycles. The highest BCUT2D eigenvalue weighted by Gasteiger charge is 2.56. The summed E-state index contributed by atoms with van der Waals surface area (Å²) in [6.07, 6.45) is 4.91. The van der Waals surface area contributed by atoms with E-state index in [0.717, 1.165) is 25.2 Å². The van der Waals surface area contributed by atoms with Gasteiger partial charge in [-0.1, -0.05) is 18.6 Å². The van der Waals surface area contributed by atoms with Crippen LogP contribution in [-0.2, 0) is 17.8 Å². The first-order valence-corrected chi connectivity index (χ1v) is 7.47. The summed E-state index contributed by atoms with van der Waals surface area (Å²) in [5.74, 6) is 1.95. The maximum absolute atomic E-state index is 12.3. The van der Waals surface area contributed by atoms with Gasteiger partial charge in [0.25, 0.3) is 0 Å². The topological polar surface area (TPSA) is 41.1 Å². The number of fused-ring (bicyclic) bond motifs is 2. The lowest BCUT2D eigenvalue weighted by atomic mass is 9.99. The third-order valence-electron chi connectivity index (χ3n) is 5.11. The summed E-state index contributed by atoms with van der Waals surface area (Å²) in [6.45, 7) is 1.92. The van der Waals surface area contributed by atoms with Crippen molar-refractivity contribution in [3.63, 3.8) is 0 Å². The molecule has 3 nitrogen and oxygen atoms in total. The van der Waals surface area contributed by atoms with Crippen molar-refractivity contribution in [2.75, 3.05) is 11.9 Å². The third kappa shape index (κ3) is 1.88. The molecule has 0 bridgehead atoms. The van der Waals surface area contributed by atoms with Gasteiger partial charge >= 0.3 is 0 Å². The van der Waals surface area contributed by atoms with Crippen LogP contribution in [0, 0.1) is 17.8 Å². The first-order chi connectivity index (χ1) is 9.34. The lowest BCUT2D eigenvalue weighted by molar-refractivity contribution is -0.118. The monoisotopic (exact) mass is 256 g/mol. The van der Waals surface area contributed by atoms with Gasteiger partial charge in [0.2, 0.25) is 5.91 Å². The maximum atomic E-state index is 12.3. The molecule has 1 aliphatic heterocycles. The van der Waals surface area contributed by atoms with Crippen LogP contribution in [0.5, 0.6) is 0 Å². The zero-order valence-electron chi connectivity index (χ0n) is 11.1. The molecule has 2 atom stereocenters. The number of nitrogens with one attached hydrogen (secondary N) is 2. The number of amides is 1. The van der Waals surface area contributed by atoms with Gasteiger partial charge in [-0.25, -0.2) is 0 Å². The number of hydrogen-bond acceptors (Lipinski definition) is 2. The molecule has 1 aromatic rings. The Morgan fingerprint density at radius 1 is 1.26 bits per heavy atom. The van der Waals surface area contributed by atoms with E-state index < -0.39 is 0 Å². The van der Waals surface area contributed by atoms with E-state index in [9.17, 15) is 4.79 Å². The Labute approximate surface area is 113 Å². The van der Waals surface area contributed by atoms with Crippen molar-refractivity contribution < 1.29 is 4.79 Å². The predicted molar refractivity (Wildman–Crippen MR) is 74.8 cm³/mol. The molecule has 1 amide bonds. The highest BCUT2D eigenvalue weighted by molar-refractivity contribution is 5.95. The average Bonchev–Trinajstić information content (AvgIpc) is 2.93. The van der Waals surface area contributed by atoms with Crippen LogP contribution in [0.3, 0.4) is 0 Å². The molecule has 0 radical (unpaired) electrons. The van der Waals surface area contributed by atoms with Gasteiger partial charge in [0.15, 0.2) is 0 Å². The fourth-order valence-corrected chi connectivity index (χ4v) is 4.06. The molecule has 19 heavy (non-hydrogen) atoms. The van der Waals surface area contributed by atoms with Crippen molar-refractivity contribution in [1.82, 2.24) is 5.32 Å². The van der Waals surface area contributed by atoms with Gasteiger partial charge < -0.3 is 10.6 Å². The van der Waals surface area contributed by atoms with Crippen LogP contribution in [0.15, 0.2) is 18.2 Å². The fraction of sp³-hybridized carbons (Fsp3) is 0.562. The molecule has 2 aliphatic carbocycles. The Kier molecular flexibility index (Phi) is 2.62. The van der Waals surface area contributed by atoms with Gasteiger partial charge in [-0.3, -0.25) is 4.79 Å². The van der Waals surface area contributed by atoms with E-state index in [4.69, 9.17) is 0 Å². The number of anilines is 1. The van der Waals surface area contributed by atoms with Crippen LogP contribution in [0.4, 0.5) is 5.69 Å². The smallest absolute Gasteiger partial charge is 0.228 e. The minimum absolute atomic E-state index is 0.258. The number of rotatable bonds is 2. The second kappa shape index (κ2) is 4.34. The zero-order chi connectivity index (χ0) is 12.8. The Morgan fingerprint density at radius 2 is 2.11 bits per heavy atom. The number of carbonyl (C=O) groups excluding carboxylic acids is 1. The van der Waals surface area contributed by atoms with E-state index in [1.54, 1.807) is 0 Å². The molecule has 1 aromatic carbocycles. The molecule has 2 N–H and O–H groups in total. The van der Waals surface area contributed by atoms with E-state index in [-0.39, 0.29) is 5.91 Å². The van der Waals surface area contributed by atoms with E-state index in [1.807, 2.05) is 6.07 Å². The summed E-state index contributed by atoms with van der Waals surface area (Å²) in [6, 6.07) is 6.28. The van der Waals surface area contributed by atoms with Crippen molar-refractivity contribution in [1.29, 1.82) is 0 Å². The summed E-state index contributed by atoms with van der Waals surface area (Å²) in [5, 5.41) is 6.57. The quantitative estimate of drug-likeness (QED) is 0.852. The van der Waals surface area contributed by atoms with Gasteiger partial charge in [-0.2, -0.15) is 0 Å². The van der Waals surface area contributed by atoms with Crippen LogP contribution in [0.1, 0.15) is 30.4 Å². The van der Waals surface area contributed by atoms with Gasteiger partial charge in [0.05, 0.1) is 0 Å². The third-order valence-corrected chi connectivity index (χ3v) is 5.11. The number of hydrogen-bond donors (Lipinski definition) is 2. The van der Waals surface area contributed by atoms with Gasteiger partial charge in [0.1, 0.15) is 0 Å². The van der Waals surface area contributed by atoms with Crippen molar-refractivity contribution in [2.45, 2.75) is 32.2 Å². The molecule has 4 rings (SSSR count). The van der Waals surface area contributed by atoms with E-state index >= 15 is 0 Å². The summed E-state index contributed by atoms with van der Waals surface area (Å²) in [5.41, 5.74) is 3.69. The van der Waals surface area contributed by atoms with Crippen molar-refractivity contribution in [3.8, 4) is 0 Å².